The highest BCUT2D eigenvalue weighted by Gasteiger charge is 2.18. The minimum atomic E-state index is -4.03. The largest absolute Gasteiger partial charge is 0.480 e. The lowest BCUT2D eigenvalue weighted by Gasteiger charge is -2.13. The number of sulfonamides is 1. The van der Waals surface area contributed by atoms with Crippen molar-refractivity contribution >= 4 is 26.6 Å². The fraction of sp³-hybridized carbons (Fsp3) is 0.208. The number of nitrogens with one attached hydrogen (secondary N) is 1. The summed E-state index contributed by atoms with van der Waals surface area (Å²) >= 11 is 0. The van der Waals surface area contributed by atoms with E-state index in [0.717, 1.165) is 12.1 Å². The molecule has 2 heterocycles. The number of hydrogen-bond acceptors (Lipinski definition) is 7. The standard InChI is InChI=1S/C24H24FN5O4S/c1-29(2)10-11-30-15-27-21-9-4-16(12-20(21)24(30)31)17-13-22(23(34-3)26-14-17)28-35(32,33)19-7-5-18(25)6-8-19/h4-9,12-15,28H,10-11H2,1-3H3. The van der Waals surface area contributed by atoms with Gasteiger partial charge in [-0.05, 0) is 62.1 Å². The van der Waals surface area contributed by atoms with Gasteiger partial charge in [-0.15, -0.1) is 0 Å². The smallest absolute Gasteiger partial charge is 0.262 e. The molecule has 1 N–H and O–H groups in total. The summed E-state index contributed by atoms with van der Waals surface area (Å²) in [6, 6.07) is 11.2. The quantitative estimate of drug-likeness (QED) is 0.399. The molecule has 0 aliphatic heterocycles. The predicted molar refractivity (Wildman–Crippen MR) is 132 cm³/mol. The van der Waals surface area contributed by atoms with Crippen LogP contribution in [-0.4, -0.2) is 55.6 Å². The molecule has 0 aliphatic rings. The lowest BCUT2D eigenvalue weighted by molar-refractivity contribution is 0.380. The van der Waals surface area contributed by atoms with E-state index < -0.39 is 15.8 Å². The summed E-state index contributed by atoms with van der Waals surface area (Å²) in [5.41, 5.74) is 1.70. The first-order valence-electron chi connectivity index (χ1n) is 10.6. The number of halogens is 1. The Bertz CT molecular complexity index is 1540. The number of anilines is 1. The fourth-order valence-corrected chi connectivity index (χ4v) is 4.52. The molecule has 0 saturated heterocycles. The highest BCUT2D eigenvalue weighted by atomic mass is 32.2. The third-order valence-corrected chi connectivity index (χ3v) is 6.74. The van der Waals surface area contributed by atoms with Gasteiger partial charge >= 0.3 is 0 Å². The van der Waals surface area contributed by atoms with Crippen molar-refractivity contribution < 1.29 is 17.5 Å². The van der Waals surface area contributed by atoms with Gasteiger partial charge in [0.25, 0.3) is 15.6 Å². The molecule has 0 fully saturated rings. The number of likely N-dealkylation sites (N-methyl/N-ethyl adjacent to an activating group) is 1. The van der Waals surface area contributed by atoms with Crippen molar-refractivity contribution in [3.63, 3.8) is 0 Å². The van der Waals surface area contributed by atoms with Gasteiger partial charge in [0.15, 0.2) is 0 Å². The highest BCUT2D eigenvalue weighted by molar-refractivity contribution is 7.92. The molecule has 9 nitrogen and oxygen atoms in total. The van der Waals surface area contributed by atoms with Crippen molar-refractivity contribution in [1.29, 1.82) is 0 Å². The van der Waals surface area contributed by atoms with E-state index in [9.17, 15) is 17.6 Å². The Kier molecular flexibility index (Phi) is 6.81. The molecule has 0 atom stereocenters. The number of hydrogen-bond donors (Lipinski definition) is 1. The Morgan fingerprint density at radius 1 is 1.06 bits per heavy atom. The molecule has 11 heteroatoms. The summed E-state index contributed by atoms with van der Waals surface area (Å²) < 4.78 is 48.1. The number of benzene rings is 2. The number of methoxy groups -OCH3 is 1. The van der Waals surface area contributed by atoms with Crippen molar-refractivity contribution in [2.75, 3.05) is 32.5 Å². The van der Waals surface area contributed by atoms with Crippen LogP contribution < -0.4 is 15.0 Å². The van der Waals surface area contributed by atoms with E-state index in [1.165, 1.54) is 31.8 Å². The fourth-order valence-electron chi connectivity index (χ4n) is 3.47. The maximum atomic E-state index is 13.2. The lowest BCUT2D eigenvalue weighted by atomic mass is 10.1. The summed E-state index contributed by atoms with van der Waals surface area (Å²) in [6.07, 6.45) is 3.06. The van der Waals surface area contributed by atoms with E-state index in [0.29, 0.717) is 35.1 Å². The molecule has 4 aromatic rings. The van der Waals surface area contributed by atoms with Crippen LogP contribution in [0.4, 0.5) is 10.1 Å². The Hall–Kier alpha value is -3.83. The first-order chi connectivity index (χ1) is 16.7. The minimum Gasteiger partial charge on any atom is -0.480 e. The SMILES string of the molecule is COc1ncc(-c2ccc3ncn(CCN(C)C)c(=O)c3c2)cc1NS(=O)(=O)c1ccc(F)cc1. The van der Waals surface area contributed by atoms with E-state index in [-0.39, 0.29) is 22.0 Å². The second kappa shape index (κ2) is 9.80. The molecule has 4 rings (SSSR count). The number of fused-ring (bicyclic) bond motifs is 1. The summed E-state index contributed by atoms with van der Waals surface area (Å²) in [5.74, 6) is -0.482. The predicted octanol–water partition coefficient (Wildman–Crippen LogP) is 2.97. The van der Waals surface area contributed by atoms with E-state index in [1.807, 2.05) is 19.0 Å². The van der Waals surface area contributed by atoms with E-state index >= 15 is 0 Å². The third kappa shape index (κ3) is 5.31. The number of nitrogens with zero attached hydrogens (tertiary/aromatic N) is 4. The molecule has 0 saturated carbocycles. The summed E-state index contributed by atoms with van der Waals surface area (Å²) in [7, 11) is 1.20. The molecule has 35 heavy (non-hydrogen) atoms. The zero-order valence-electron chi connectivity index (χ0n) is 19.4. The number of aromatic nitrogens is 3. The van der Waals surface area contributed by atoms with Gasteiger partial charge in [0.2, 0.25) is 5.88 Å². The van der Waals surface area contributed by atoms with Gasteiger partial charge in [0.1, 0.15) is 11.5 Å². The molecule has 0 radical (unpaired) electrons. The van der Waals surface area contributed by atoms with Crippen LogP contribution in [0.1, 0.15) is 0 Å². The maximum Gasteiger partial charge on any atom is 0.262 e. The average Bonchev–Trinajstić information content (AvgIpc) is 2.83. The Morgan fingerprint density at radius 3 is 2.49 bits per heavy atom. The number of ether oxygens (including phenoxy) is 1. The van der Waals surface area contributed by atoms with Crippen molar-refractivity contribution in [1.82, 2.24) is 19.4 Å². The van der Waals surface area contributed by atoms with Crippen LogP contribution in [0.2, 0.25) is 0 Å². The Morgan fingerprint density at radius 2 is 1.80 bits per heavy atom. The molecular formula is C24H24FN5O4S. The third-order valence-electron chi connectivity index (χ3n) is 5.36. The van der Waals surface area contributed by atoms with E-state index in [2.05, 4.69) is 14.7 Å². The second-order valence-electron chi connectivity index (χ2n) is 8.12. The van der Waals surface area contributed by atoms with Crippen molar-refractivity contribution in [2.45, 2.75) is 11.4 Å². The number of rotatable bonds is 8. The topological polar surface area (TPSA) is 106 Å². The second-order valence-corrected chi connectivity index (χ2v) is 9.80. The average molecular weight is 498 g/mol. The summed E-state index contributed by atoms with van der Waals surface area (Å²) in [6.45, 7) is 1.19. The van der Waals surface area contributed by atoms with Crippen LogP contribution in [0.15, 0.2) is 70.7 Å². The van der Waals surface area contributed by atoms with Crippen molar-refractivity contribution in [3.8, 4) is 17.0 Å². The first-order valence-corrected chi connectivity index (χ1v) is 12.1. The zero-order valence-corrected chi connectivity index (χ0v) is 20.2. The lowest BCUT2D eigenvalue weighted by Crippen LogP contribution is -2.26. The molecule has 0 spiro atoms. The van der Waals surface area contributed by atoms with Gasteiger partial charge < -0.3 is 9.64 Å². The van der Waals surface area contributed by atoms with Crippen LogP contribution in [0.5, 0.6) is 5.88 Å². The summed E-state index contributed by atoms with van der Waals surface area (Å²) in [5, 5.41) is 0.438. The Balaban J connectivity index is 1.73. The molecule has 182 valence electrons. The molecule has 0 amide bonds. The molecule has 0 unspecified atom stereocenters. The van der Waals surface area contributed by atoms with Crippen LogP contribution in [0.3, 0.4) is 0 Å². The molecule has 0 bridgehead atoms. The van der Waals surface area contributed by atoms with Crippen LogP contribution in [0.25, 0.3) is 22.0 Å². The first kappa shape index (κ1) is 24.3. The van der Waals surface area contributed by atoms with E-state index in [1.54, 1.807) is 28.8 Å². The molecule has 2 aromatic heterocycles. The molecule has 2 aromatic carbocycles. The van der Waals surface area contributed by atoms with Crippen LogP contribution in [0, 0.1) is 5.82 Å². The maximum absolute atomic E-state index is 13.2. The van der Waals surface area contributed by atoms with Crippen molar-refractivity contribution in [2.24, 2.45) is 0 Å². The van der Waals surface area contributed by atoms with Gasteiger partial charge in [0, 0.05) is 24.8 Å². The highest BCUT2D eigenvalue weighted by Crippen LogP contribution is 2.31. The van der Waals surface area contributed by atoms with Gasteiger partial charge in [-0.3, -0.25) is 14.1 Å². The molecular weight excluding hydrogens is 473 g/mol. The van der Waals surface area contributed by atoms with Gasteiger partial charge in [0.05, 0.1) is 29.2 Å². The monoisotopic (exact) mass is 497 g/mol. The van der Waals surface area contributed by atoms with Gasteiger partial charge in [-0.2, -0.15) is 0 Å². The minimum absolute atomic E-state index is 0.0629. The normalized spacial score (nSPS) is 11.7. The van der Waals surface area contributed by atoms with Crippen molar-refractivity contribution in [3.05, 3.63) is 77.2 Å². The van der Waals surface area contributed by atoms with Gasteiger partial charge in [-0.1, -0.05) is 6.07 Å². The van der Waals surface area contributed by atoms with Crippen LogP contribution >= 0.6 is 0 Å². The summed E-state index contributed by atoms with van der Waals surface area (Å²) in [4.78, 5) is 23.5. The van der Waals surface area contributed by atoms with E-state index in [4.69, 9.17) is 4.74 Å². The number of pyridine rings is 1. The molecule has 0 aliphatic carbocycles. The van der Waals surface area contributed by atoms with Gasteiger partial charge in [-0.25, -0.2) is 22.8 Å². The Labute approximate surface area is 201 Å². The van der Waals surface area contributed by atoms with Crippen LogP contribution in [-0.2, 0) is 16.6 Å². The zero-order chi connectivity index (χ0) is 25.2.